The van der Waals surface area contributed by atoms with Crippen LogP contribution in [-0.4, -0.2) is 26.9 Å². The Hall–Kier alpha value is -4.70. The molecule has 2 fully saturated rings. The van der Waals surface area contributed by atoms with Crippen molar-refractivity contribution in [3.8, 4) is 23.0 Å². The van der Waals surface area contributed by atoms with Gasteiger partial charge in [0.1, 0.15) is 11.5 Å². The SMILES string of the molecule is C1CCCCC1.CC.Nc1nc(Nc2ccc(C#Cc3cc(C(=O)NC4CC4)ccn3)cc2)ncc1-c1ccccc1. The van der Waals surface area contributed by atoms with Crippen molar-refractivity contribution in [2.45, 2.75) is 71.3 Å². The van der Waals surface area contributed by atoms with Gasteiger partial charge >= 0.3 is 0 Å². The minimum Gasteiger partial charge on any atom is -0.383 e. The minimum absolute atomic E-state index is 0.0805. The van der Waals surface area contributed by atoms with Crippen LogP contribution in [-0.2, 0) is 0 Å². The maximum atomic E-state index is 12.2. The Morgan fingerprint density at radius 1 is 0.857 bits per heavy atom. The number of nitrogens with zero attached hydrogens (tertiary/aromatic N) is 3. The monoisotopic (exact) mass is 560 g/mol. The second kappa shape index (κ2) is 15.9. The number of carbonyl (C=O) groups is 1. The van der Waals surface area contributed by atoms with Crippen LogP contribution in [0, 0.1) is 11.8 Å². The van der Waals surface area contributed by atoms with E-state index in [0.717, 1.165) is 35.2 Å². The van der Waals surface area contributed by atoms with Crippen LogP contribution in [0.25, 0.3) is 11.1 Å². The zero-order valence-corrected chi connectivity index (χ0v) is 24.6. The van der Waals surface area contributed by atoms with E-state index >= 15 is 0 Å². The van der Waals surface area contributed by atoms with Gasteiger partial charge in [-0.2, -0.15) is 4.98 Å². The quantitative estimate of drug-likeness (QED) is 0.218. The van der Waals surface area contributed by atoms with Crippen LogP contribution in [0.1, 0.15) is 86.8 Å². The average Bonchev–Trinajstić information content (AvgIpc) is 3.87. The fourth-order valence-electron chi connectivity index (χ4n) is 4.39. The molecule has 216 valence electrons. The predicted octanol–water partition coefficient (Wildman–Crippen LogP) is 7.52. The minimum atomic E-state index is -0.0805. The number of aromatic nitrogens is 3. The molecule has 2 heterocycles. The number of hydrogen-bond acceptors (Lipinski definition) is 6. The highest BCUT2D eigenvalue weighted by molar-refractivity contribution is 5.94. The third kappa shape index (κ3) is 9.45. The molecule has 42 heavy (non-hydrogen) atoms. The fourth-order valence-corrected chi connectivity index (χ4v) is 4.39. The van der Waals surface area contributed by atoms with Crippen LogP contribution >= 0.6 is 0 Å². The number of nitrogens with two attached hydrogens (primary N) is 1. The van der Waals surface area contributed by atoms with E-state index in [1.807, 2.05) is 68.4 Å². The van der Waals surface area contributed by atoms with Gasteiger partial charge in [-0.1, -0.05) is 88.6 Å². The van der Waals surface area contributed by atoms with Gasteiger partial charge in [0.05, 0.1) is 0 Å². The first-order chi connectivity index (χ1) is 20.6. The maximum absolute atomic E-state index is 12.2. The standard InChI is InChI=1S/C27H22N6O.C6H12.C2H6/c28-25-24(19-4-2-1-3-5-19)17-30-27(33-25)32-22-9-6-18(7-10-22)8-11-23-16-20(14-15-29-23)26(34)31-21-12-13-21;1-2-4-6-5-3-1;1-2/h1-7,9-10,14-17,21H,12-13H2,(H,31,34)(H3,28,30,32,33);1-6H2;1-2H3. The van der Waals surface area contributed by atoms with Gasteiger partial charge in [-0.05, 0) is 60.7 Å². The summed E-state index contributed by atoms with van der Waals surface area (Å²) in [6.45, 7) is 4.00. The molecule has 6 rings (SSSR count). The lowest BCUT2D eigenvalue weighted by Gasteiger charge is -2.08. The Kier molecular flexibility index (Phi) is 11.5. The molecule has 2 saturated carbocycles. The number of anilines is 3. The Labute approximate surface area is 249 Å². The number of rotatable bonds is 5. The molecule has 2 aliphatic carbocycles. The molecule has 0 spiro atoms. The molecule has 0 saturated heterocycles. The van der Waals surface area contributed by atoms with Crippen LogP contribution in [0.3, 0.4) is 0 Å². The Balaban J connectivity index is 0.000000445. The number of carbonyl (C=O) groups excluding carboxylic acids is 1. The number of nitrogens with one attached hydrogen (secondary N) is 2. The number of pyridine rings is 1. The summed E-state index contributed by atoms with van der Waals surface area (Å²) in [7, 11) is 0. The Bertz CT molecular complexity index is 1470. The van der Waals surface area contributed by atoms with E-state index in [4.69, 9.17) is 5.73 Å². The summed E-state index contributed by atoms with van der Waals surface area (Å²) in [5, 5.41) is 6.13. The zero-order valence-electron chi connectivity index (χ0n) is 24.6. The summed E-state index contributed by atoms with van der Waals surface area (Å²) in [5.74, 6) is 6.85. The second-order valence-electron chi connectivity index (χ2n) is 10.1. The third-order valence-electron chi connectivity index (χ3n) is 6.81. The summed E-state index contributed by atoms with van der Waals surface area (Å²) in [4.78, 5) is 25.2. The summed E-state index contributed by atoms with van der Waals surface area (Å²) >= 11 is 0. The van der Waals surface area contributed by atoms with Crippen molar-refractivity contribution in [3.05, 3.63) is 95.9 Å². The van der Waals surface area contributed by atoms with Crippen molar-refractivity contribution >= 4 is 23.4 Å². The summed E-state index contributed by atoms with van der Waals surface area (Å²) in [5.41, 5.74) is 10.7. The maximum Gasteiger partial charge on any atom is 0.251 e. The summed E-state index contributed by atoms with van der Waals surface area (Å²) in [6.07, 6.45) is 14.4. The topological polar surface area (TPSA) is 106 Å². The van der Waals surface area contributed by atoms with Gasteiger partial charge in [-0.3, -0.25) is 4.79 Å². The normalized spacial score (nSPS) is 13.6. The van der Waals surface area contributed by atoms with Gasteiger partial charge in [0.25, 0.3) is 5.91 Å². The predicted molar refractivity (Wildman–Crippen MR) is 171 cm³/mol. The van der Waals surface area contributed by atoms with Crippen molar-refractivity contribution in [1.29, 1.82) is 0 Å². The second-order valence-corrected chi connectivity index (χ2v) is 10.1. The van der Waals surface area contributed by atoms with Crippen LogP contribution in [0.5, 0.6) is 0 Å². The van der Waals surface area contributed by atoms with Crippen molar-refractivity contribution < 1.29 is 4.79 Å². The van der Waals surface area contributed by atoms with Crippen LogP contribution in [0.4, 0.5) is 17.5 Å². The van der Waals surface area contributed by atoms with E-state index in [0.29, 0.717) is 29.1 Å². The first-order valence-electron chi connectivity index (χ1n) is 15.0. The molecule has 4 N–H and O–H groups in total. The first kappa shape index (κ1) is 30.3. The van der Waals surface area contributed by atoms with Crippen molar-refractivity contribution in [2.75, 3.05) is 11.1 Å². The molecule has 2 aromatic carbocycles. The molecule has 0 radical (unpaired) electrons. The van der Waals surface area contributed by atoms with Gasteiger partial charge in [0, 0.05) is 40.8 Å². The van der Waals surface area contributed by atoms with Gasteiger partial charge in [0.15, 0.2) is 0 Å². The Morgan fingerprint density at radius 3 is 2.14 bits per heavy atom. The lowest BCUT2D eigenvalue weighted by atomic mass is 10.0. The van der Waals surface area contributed by atoms with Crippen molar-refractivity contribution in [3.63, 3.8) is 0 Å². The molecule has 7 heteroatoms. The fraction of sp³-hybridized carbons (Fsp3) is 0.314. The molecule has 0 unspecified atom stereocenters. The molecule has 7 nitrogen and oxygen atoms in total. The molecule has 2 aromatic heterocycles. The van der Waals surface area contributed by atoms with Crippen molar-refractivity contribution in [2.24, 2.45) is 0 Å². The van der Waals surface area contributed by atoms with Crippen LogP contribution in [0.15, 0.2) is 79.1 Å². The van der Waals surface area contributed by atoms with E-state index in [2.05, 4.69) is 37.4 Å². The lowest BCUT2D eigenvalue weighted by molar-refractivity contribution is 0.0951. The number of nitrogen functional groups attached to an aromatic ring is 1. The summed E-state index contributed by atoms with van der Waals surface area (Å²) < 4.78 is 0. The number of hydrogen-bond donors (Lipinski definition) is 3. The van der Waals surface area contributed by atoms with Gasteiger partial charge in [-0.25, -0.2) is 9.97 Å². The average molecular weight is 561 g/mol. The highest BCUT2D eigenvalue weighted by atomic mass is 16.1. The molecule has 0 aliphatic heterocycles. The molecule has 1 amide bonds. The van der Waals surface area contributed by atoms with Gasteiger partial charge < -0.3 is 16.4 Å². The zero-order chi connectivity index (χ0) is 29.6. The molecular weight excluding hydrogens is 520 g/mol. The molecular formula is C35H40N6O. The Morgan fingerprint density at radius 2 is 1.52 bits per heavy atom. The van der Waals surface area contributed by atoms with E-state index in [1.165, 1.54) is 38.5 Å². The molecule has 4 aromatic rings. The highest BCUT2D eigenvalue weighted by Crippen LogP contribution is 2.25. The van der Waals surface area contributed by atoms with E-state index in [9.17, 15) is 4.79 Å². The van der Waals surface area contributed by atoms with E-state index in [1.54, 1.807) is 24.5 Å². The first-order valence-corrected chi connectivity index (χ1v) is 15.0. The third-order valence-corrected chi connectivity index (χ3v) is 6.81. The number of benzene rings is 2. The largest absolute Gasteiger partial charge is 0.383 e. The smallest absolute Gasteiger partial charge is 0.251 e. The lowest BCUT2D eigenvalue weighted by Crippen LogP contribution is -2.25. The van der Waals surface area contributed by atoms with Crippen LogP contribution < -0.4 is 16.4 Å². The number of amides is 1. The summed E-state index contributed by atoms with van der Waals surface area (Å²) in [6, 6.07) is 21.1. The van der Waals surface area contributed by atoms with E-state index < -0.39 is 0 Å². The molecule has 0 bridgehead atoms. The van der Waals surface area contributed by atoms with Gasteiger partial charge in [-0.15, -0.1) is 0 Å². The van der Waals surface area contributed by atoms with Crippen molar-refractivity contribution in [1.82, 2.24) is 20.3 Å². The van der Waals surface area contributed by atoms with Crippen LogP contribution in [0.2, 0.25) is 0 Å². The molecule has 2 aliphatic rings. The molecule has 0 atom stereocenters. The van der Waals surface area contributed by atoms with E-state index in [-0.39, 0.29) is 5.91 Å². The van der Waals surface area contributed by atoms with Gasteiger partial charge in [0.2, 0.25) is 5.95 Å². The highest BCUT2D eigenvalue weighted by Gasteiger charge is 2.23.